The number of rotatable bonds is 5. The second-order valence-electron chi connectivity index (χ2n) is 6.14. The third-order valence-corrected chi connectivity index (χ3v) is 4.70. The van der Waals surface area contributed by atoms with Crippen molar-refractivity contribution in [1.29, 1.82) is 0 Å². The second kappa shape index (κ2) is 6.97. The fraction of sp³-hybridized carbons (Fsp3) is 0.350. The van der Waals surface area contributed by atoms with Crippen LogP contribution in [0, 0.1) is 0 Å². The van der Waals surface area contributed by atoms with Crippen molar-refractivity contribution in [3.8, 4) is 0 Å². The van der Waals surface area contributed by atoms with E-state index in [4.69, 9.17) is 0 Å². The Bertz CT molecular complexity index is 668. The van der Waals surface area contributed by atoms with Gasteiger partial charge in [0.1, 0.15) is 0 Å². The normalized spacial score (nSPS) is 16.4. The molecule has 2 aromatic rings. The van der Waals surface area contributed by atoms with Crippen LogP contribution in [0.2, 0.25) is 0 Å². The Balaban J connectivity index is 1.70. The number of aryl methyl sites for hydroxylation is 1. The maximum absolute atomic E-state index is 12.7. The SMILES string of the molecule is CCN(C(=O)CN(C)C1CCc2ccccc21)c1ccccc1. The predicted molar refractivity (Wildman–Crippen MR) is 94.6 cm³/mol. The average Bonchev–Trinajstić information content (AvgIpc) is 3.00. The van der Waals surface area contributed by atoms with Gasteiger partial charge in [0.15, 0.2) is 0 Å². The Morgan fingerprint density at radius 2 is 1.78 bits per heavy atom. The summed E-state index contributed by atoms with van der Waals surface area (Å²) in [6.07, 6.45) is 2.20. The van der Waals surface area contributed by atoms with E-state index in [1.165, 1.54) is 11.1 Å². The lowest BCUT2D eigenvalue weighted by Gasteiger charge is -2.28. The molecule has 3 heteroatoms. The minimum atomic E-state index is 0.158. The van der Waals surface area contributed by atoms with Crippen molar-refractivity contribution in [2.24, 2.45) is 0 Å². The van der Waals surface area contributed by atoms with Crippen molar-refractivity contribution in [2.45, 2.75) is 25.8 Å². The Morgan fingerprint density at radius 3 is 2.52 bits per heavy atom. The first-order valence-electron chi connectivity index (χ1n) is 8.34. The number of nitrogens with zero attached hydrogens (tertiary/aromatic N) is 2. The summed E-state index contributed by atoms with van der Waals surface area (Å²) in [6.45, 7) is 3.16. The van der Waals surface area contributed by atoms with E-state index in [0.29, 0.717) is 19.1 Å². The lowest BCUT2D eigenvalue weighted by Crippen LogP contribution is -2.40. The average molecular weight is 308 g/mol. The lowest BCUT2D eigenvalue weighted by molar-refractivity contribution is -0.119. The van der Waals surface area contributed by atoms with Crippen LogP contribution in [0.15, 0.2) is 54.6 Å². The van der Waals surface area contributed by atoms with Gasteiger partial charge in [-0.05, 0) is 50.1 Å². The van der Waals surface area contributed by atoms with Gasteiger partial charge in [0.2, 0.25) is 5.91 Å². The monoisotopic (exact) mass is 308 g/mol. The van der Waals surface area contributed by atoms with Gasteiger partial charge in [-0.25, -0.2) is 0 Å². The molecule has 120 valence electrons. The van der Waals surface area contributed by atoms with Crippen LogP contribution in [-0.4, -0.2) is 30.9 Å². The van der Waals surface area contributed by atoms with Gasteiger partial charge in [-0.15, -0.1) is 0 Å². The standard InChI is InChI=1S/C20H24N2O/c1-3-22(17-10-5-4-6-11-17)20(23)15-21(2)19-14-13-16-9-7-8-12-18(16)19/h4-12,19H,3,13-15H2,1-2H3. The van der Waals surface area contributed by atoms with E-state index in [1.807, 2.05) is 42.2 Å². The van der Waals surface area contributed by atoms with Gasteiger partial charge in [0.05, 0.1) is 6.54 Å². The molecular formula is C20H24N2O. The first kappa shape index (κ1) is 15.8. The summed E-state index contributed by atoms with van der Waals surface area (Å²) in [5.74, 6) is 0.158. The van der Waals surface area contributed by atoms with Crippen LogP contribution in [0.4, 0.5) is 5.69 Å². The number of benzene rings is 2. The van der Waals surface area contributed by atoms with Crippen molar-refractivity contribution < 1.29 is 4.79 Å². The molecule has 1 atom stereocenters. The van der Waals surface area contributed by atoms with E-state index in [-0.39, 0.29) is 5.91 Å². The van der Waals surface area contributed by atoms with Gasteiger partial charge in [-0.2, -0.15) is 0 Å². The smallest absolute Gasteiger partial charge is 0.241 e. The van der Waals surface area contributed by atoms with E-state index >= 15 is 0 Å². The molecule has 0 saturated heterocycles. The lowest BCUT2D eigenvalue weighted by atomic mass is 10.1. The number of hydrogen-bond acceptors (Lipinski definition) is 2. The summed E-state index contributed by atoms with van der Waals surface area (Å²) in [4.78, 5) is 16.8. The quantitative estimate of drug-likeness (QED) is 0.841. The first-order chi connectivity index (χ1) is 11.2. The molecule has 0 aliphatic heterocycles. The molecule has 1 unspecified atom stereocenters. The van der Waals surface area contributed by atoms with E-state index in [1.54, 1.807) is 0 Å². The third kappa shape index (κ3) is 3.30. The minimum absolute atomic E-state index is 0.158. The van der Waals surface area contributed by atoms with Gasteiger partial charge >= 0.3 is 0 Å². The molecule has 1 amide bonds. The van der Waals surface area contributed by atoms with Crippen LogP contribution < -0.4 is 4.90 Å². The zero-order chi connectivity index (χ0) is 16.2. The number of likely N-dealkylation sites (N-methyl/N-ethyl adjacent to an activating group) is 2. The number of amides is 1. The molecule has 0 spiro atoms. The Hall–Kier alpha value is -2.13. The highest BCUT2D eigenvalue weighted by Gasteiger charge is 2.27. The first-order valence-corrected chi connectivity index (χ1v) is 8.34. The van der Waals surface area contributed by atoms with Crippen molar-refractivity contribution >= 4 is 11.6 Å². The summed E-state index contributed by atoms with van der Waals surface area (Å²) in [5, 5.41) is 0. The maximum atomic E-state index is 12.7. The van der Waals surface area contributed by atoms with Crippen molar-refractivity contribution in [1.82, 2.24) is 4.90 Å². The van der Waals surface area contributed by atoms with E-state index < -0.39 is 0 Å². The molecular weight excluding hydrogens is 284 g/mol. The van der Waals surface area contributed by atoms with Gasteiger partial charge in [-0.3, -0.25) is 9.69 Å². The molecule has 3 rings (SSSR count). The topological polar surface area (TPSA) is 23.6 Å². The second-order valence-corrected chi connectivity index (χ2v) is 6.14. The Labute approximate surface area is 138 Å². The van der Waals surface area contributed by atoms with Gasteiger partial charge in [0.25, 0.3) is 0 Å². The van der Waals surface area contributed by atoms with Crippen LogP contribution in [0.1, 0.15) is 30.5 Å². The number of carbonyl (C=O) groups excluding carboxylic acids is 1. The Kier molecular flexibility index (Phi) is 4.77. The van der Waals surface area contributed by atoms with Gasteiger partial charge < -0.3 is 4.90 Å². The van der Waals surface area contributed by atoms with Gasteiger partial charge in [0, 0.05) is 18.3 Å². The van der Waals surface area contributed by atoms with Crippen LogP contribution in [0.3, 0.4) is 0 Å². The van der Waals surface area contributed by atoms with E-state index in [2.05, 4.69) is 36.2 Å². The number of hydrogen-bond donors (Lipinski definition) is 0. The molecule has 0 radical (unpaired) electrons. The van der Waals surface area contributed by atoms with Crippen molar-refractivity contribution in [2.75, 3.05) is 25.0 Å². The summed E-state index contributed by atoms with van der Waals surface area (Å²) in [5.41, 5.74) is 3.78. The zero-order valence-electron chi connectivity index (χ0n) is 13.9. The predicted octanol–water partition coefficient (Wildman–Crippen LogP) is 3.66. The maximum Gasteiger partial charge on any atom is 0.241 e. The molecule has 1 aliphatic carbocycles. The highest BCUT2D eigenvalue weighted by molar-refractivity contribution is 5.94. The molecule has 0 N–H and O–H groups in total. The summed E-state index contributed by atoms with van der Waals surface area (Å²) < 4.78 is 0. The third-order valence-electron chi connectivity index (χ3n) is 4.70. The molecule has 0 fully saturated rings. The molecule has 0 aromatic heterocycles. The fourth-order valence-electron chi connectivity index (χ4n) is 3.51. The number of fused-ring (bicyclic) bond motifs is 1. The molecule has 23 heavy (non-hydrogen) atoms. The van der Waals surface area contributed by atoms with Crippen LogP contribution in [-0.2, 0) is 11.2 Å². The summed E-state index contributed by atoms with van der Waals surface area (Å²) in [6, 6.07) is 18.8. The molecule has 2 aromatic carbocycles. The zero-order valence-corrected chi connectivity index (χ0v) is 13.9. The van der Waals surface area contributed by atoms with Crippen LogP contribution >= 0.6 is 0 Å². The van der Waals surface area contributed by atoms with Gasteiger partial charge in [-0.1, -0.05) is 42.5 Å². The number of para-hydroxylation sites is 1. The van der Waals surface area contributed by atoms with Crippen LogP contribution in [0.5, 0.6) is 0 Å². The van der Waals surface area contributed by atoms with E-state index in [0.717, 1.165) is 18.5 Å². The fourth-order valence-corrected chi connectivity index (χ4v) is 3.51. The summed E-state index contributed by atoms with van der Waals surface area (Å²) >= 11 is 0. The largest absolute Gasteiger partial charge is 0.312 e. The minimum Gasteiger partial charge on any atom is -0.312 e. The number of carbonyl (C=O) groups is 1. The van der Waals surface area contributed by atoms with Crippen molar-refractivity contribution in [3.63, 3.8) is 0 Å². The highest BCUT2D eigenvalue weighted by Crippen LogP contribution is 2.34. The number of anilines is 1. The van der Waals surface area contributed by atoms with E-state index in [9.17, 15) is 4.79 Å². The molecule has 3 nitrogen and oxygen atoms in total. The molecule has 0 heterocycles. The van der Waals surface area contributed by atoms with Crippen molar-refractivity contribution in [3.05, 3.63) is 65.7 Å². The molecule has 1 aliphatic rings. The summed E-state index contributed by atoms with van der Waals surface area (Å²) in [7, 11) is 2.06. The molecule has 0 bridgehead atoms. The molecule has 0 saturated carbocycles. The highest BCUT2D eigenvalue weighted by atomic mass is 16.2. The van der Waals surface area contributed by atoms with Crippen LogP contribution in [0.25, 0.3) is 0 Å². The Morgan fingerprint density at radius 1 is 1.09 bits per heavy atom.